The van der Waals surface area contributed by atoms with Gasteiger partial charge in [0.25, 0.3) is 0 Å². The molecule has 8 nitrogen and oxygen atoms in total. The van der Waals surface area contributed by atoms with Crippen LogP contribution in [0.4, 0.5) is 18.9 Å². The smallest absolute Gasteiger partial charge is 0.475 e. The molecule has 6 rings (SSSR count). The Labute approximate surface area is 271 Å². The van der Waals surface area contributed by atoms with Gasteiger partial charge in [0.2, 0.25) is 5.91 Å². The molecule has 2 heterocycles. The molecule has 47 heavy (non-hydrogen) atoms. The molecule has 1 amide bonds. The number of hydrogen-bond acceptors (Lipinski definition) is 5. The fraction of sp³-hybridized carbons (Fsp3) is 0.0857. The molecule has 238 valence electrons. The molecule has 0 aliphatic heterocycles. The number of rotatable bonds is 8. The van der Waals surface area contributed by atoms with E-state index in [0.717, 1.165) is 43.8 Å². The van der Waals surface area contributed by atoms with Crippen molar-refractivity contribution in [2.45, 2.75) is 18.5 Å². The Bertz CT molecular complexity index is 2010. The molecular formula is C35H28F3N5O3S. The van der Waals surface area contributed by atoms with Gasteiger partial charge in [0, 0.05) is 33.4 Å². The number of halogens is 3. The molecule has 0 fully saturated rings. The lowest BCUT2D eigenvalue weighted by Gasteiger charge is -2.18. The number of hydrogen-bond donors (Lipinski definition) is 4. The Morgan fingerprint density at radius 1 is 0.957 bits per heavy atom. The van der Waals surface area contributed by atoms with Crippen LogP contribution in [0.1, 0.15) is 22.6 Å². The van der Waals surface area contributed by atoms with Crippen LogP contribution in [-0.4, -0.2) is 38.5 Å². The van der Waals surface area contributed by atoms with Gasteiger partial charge < -0.3 is 20.7 Å². The molecule has 2 aromatic heterocycles. The molecule has 4 aromatic carbocycles. The second kappa shape index (κ2) is 14.1. The summed E-state index contributed by atoms with van der Waals surface area (Å²) >= 11 is 1.60. The van der Waals surface area contributed by atoms with Crippen molar-refractivity contribution < 1.29 is 27.9 Å². The Kier molecular flexibility index (Phi) is 9.81. The molecule has 5 N–H and O–H groups in total. The molecule has 0 aliphatic carbocycles. The van der Waals surface area contributed by atoms with E-state index < -0.39 is 18.1 Å². The first-order valence-electron chi connectivity index (χ1n) is 14.2. The Morgan fingerprint density at radius 2 is 1.60 bits per heavy atom. The molecular weight excluding hydrogens is 627 g/mol. The van der Waals surface area contributed by atoms with E-state index in [-0.39, 0.29) is 11.7 Å². The van der Waals surface area contributed by atoms with E-state index in [1.165, 1.54) is 0 Å². The van der Waals surface area contributed by atoms with Gasteiger partial charge in [-0.1, -0.05) is 60.7 Å². The number of aliphatic carboxylic acids is 1. The predicted octanol–water partition coefficient (Wildman–Crippen LogP) is 7.64. The minimum absolute atomic E-state index is 0.0111. The minimum Gasteiger partial charge on any atom is -0.475 e. The third-order valence-corrected chi connectivity index (χ3v) is 8.20. The highest BCUT2D eigenvalue weighted by molar-refractivity contribution is 7.17. The van der Waals surface area contributed by atoms with Crippen molar-refractivity contribution in [1.29, 1.82) is 5.41 Å². The van der Waals surface area contributed by atoms with Crippen molar-refractivity contribution in [1.82, 2.24) is 9.55 Å². The summed E-state index contributed by atoms with van der Waals surface area (Å²) in [5.41, 5.74) is 12.1. The Balaban J connectivity index is 0.000000559. The topological polar surface area (TPSA) is 134 Å². The number of carboxylic acids is 1. The summed E-state index contributed by atoms with van der Waals surface area (Å²) in [6.07, 6.45) is -0.739. The fourth-order valence-electron chi connectivity index (χ4n) is 4.85. The van der Waals surface area contributed by atoms with Gasteiger partial charge in [0.05, 0.1) is 17.9 Å². The SMILES string of the molecule is N=C(N)c1ccc2scc(C(Cc3ccccc3)C(=O)Nc3ccc(-n4cnc(-c5ccccc5)c4)cc3)c2c1.O=C(O)C(F)(F)F. The first kappa shape index (κ1) is 32.6. The summed E-state index contributed by atoms with van der Waals surface area (Å²) in [5, 5.41) is 21.1. The molecule has 0 bridgehead atoms. The summed E-state index contributed by atoms with van der Waals surface area (Å²) in [6, 6.07) is 33.6. The van der Waals surface area contributed by atoms with Crippen molar-refractivity contribution >= 4 is 44.8 Å². The number of nitrogens with two attached hydrogens (primary N) is 1. The van der Waals surface area contributed by atoms with E-state index in [9.17, 15) is 18.0 Å². The summed E-state index contributed by atoms with van der Waals surface area (Å²) in [5.74, 6) is -3.25. The summed E-state index contributed by atoms with van der Waals surface area (Å²) in [6.45, 7) is 0. The van der Waals surface area contributed by atoms with Crippen LogP contribution in [0.2, 0.25) is 0 Å². The van der Waals surface area contributed by atoms with Crippen LogP contribution in [0, 0.1) is 5.41 Å². The number of nitrogen functional groups attached to an aromatic ring is 1. The molecule has 0 saturated heterocycles. The van der Waals surface area contributed by atoms with Crippen LogP contribution in [-0.2, 0) is 16.0 Å². The maximum Gasteiger partial charge on any atom is 0.490 e. The van der Waals surface area contributed by atoms with Crippen LogP contribution >= 0.6 is 11.3 Å². The molecule has 1 unspecified atom stereocenters. The number of nitrogens with zero attached hydrogens (tertiary/aromatic N) is 2. The molecule has 0 radical (unpaired) electrons. The summed E-state index contributed by atoms with van der Waals surface area (Å²) in [4.78, 5) is 27.2. The molecule has 0 saturated carbocycles. The number of fused-ring (bicyclic) bond motifs is 1. The fourth-order valence-corrected chi connectivity index (χ4v) is 5.84. The molecule has 1 atom stereocenters. The number of amidine groups is 1. The van der Waals surface area contributed by atoms with E-state index in [2.05, 4.69) is 10.3 Å². The number of alkyl halides is 3. The average molecular weight is 656 g/mol. The number of carbonyl (C=O) groups is 2. The average Bonchev–Trinajstić information content (AvgIpc) is 3.73. The predicted molar refractivity (Wildman–Crippen MR) is 177 cm³/mol. The summed E-state index contributed by atoms with van der Waals surface area (Å²) in [7, 11) is 0. The van der Waals surface area contributed by atoms with E-state index in [0.29, 0.717) is 12.0 Å². The minimum atomic E-state index is -5.08. The maximum atomic E-state index is 13.8. The molecule has 12 heteroatoms. The number of thiophene rings is 1. The van der Waals surface area contributed by atoms with Crippen molar-refractivity contribution in [3.8, 4) is 16.9 Å². The number of anilines is 1. The highest BCUT2D eigenvalue weighted by atomic mass is 32.1. The van der Waals surface area contributed by atoms with Crippen LogP contribution in [0.5, 0.6) is 0 Å². The lowest BCUT2D eigenvalue weighted by atomic mass is 9.90. The Morgan fingerprint density at radius 3 is 2.21 bits per heavy atom. The zero-order valence-corrected chi connectivity index (χ0v) is 25.4. The second-order valence-corrected chi connectivity index (χ2v) is 11.3. The number of imidazole rings is 1. The van der Waals surface area contributed by atoms with Gasteiger partial charge in [-0.2, -0.15) is 13.2 Å². The van der Waals surface area contributed by atoms with Gasteiger partial charge in [0.1, 0.15) is 5.84 Å². The number of nitrogens with one attached hydrogen (secondary N) is 2. The van der Waals surface area contributed by atoms with E-state index in [4.69, 9.17) is 21.0 Å². The quantitative estimate of drug-likeness (QED) is 0.0988. The monoisotopic (exact) mass is 655 g/mol. The van der Waals surface area contributed by atoms with Gasteiger partial charge >= 0.3 is 12.1 Å². The molecule has 6 aromatic rings. The normalized spacial score (nSPS) is 11.7. The largest absolute Gasteiger partial charge is 0.490 e. The second-order valence-electron chi connectivity index (χ2n) is 10.4. The van der Waals surface area contributed by atoms with Crippen molar-refractivity contribution in [2.75, 3.05) is 5.32 Å². The van der Waals surface area contributed by atoms with Crippen LogP contribution in [0.25, 0.3) is 27.0 Å². The van der Waals surface area contributed by atoms with Crippen LogP contribution < -0.4 is 11.1 Å². The van der Waals surface area contributed by atoms with Gasteiger partial charge in [0.15, 0.2) is 0 Å². The first-order valence-corrected chi connectivity index (χ1v) is 15.1. The van der Waals surface area contributed by atoms with Crippen molar-refractivity contribution in [3.05, 3.63) is 138 Å². The highest BCUT2D eigenvalue weighted by Gasteiger charge is 2.38. The first-order chi connectivity index (χ1) is 22.5. The zero-order chi connectivity index (χ0) is 33.6. The lowest BCUT2D eigenvalue weighted by Crippen LogP contribution is -2.23. The molecule has 0 spiro atoms. The van der Waals surface area contributed by atoms with Crippen molar-refractivity contribution in [2.24, 2.45) is 5.73 Å². The van der Waals surface area contributed by atoms with Gasteiger partial charge in [-0.05, 0) is 70.8 Å². The number of benzene rings is 4. The summed E-state index contributed by atoms with van der Waals surface area (Å²) < 4.78 is 34.8. The van der Waals surface area contributed by atoms with Gasteiger partial charge in [-0.3, -0.25) is 10.2 Å². The van der Waals surface area contributed by atoms with E-state index in [1.807, 2.05) is 119 Å². The maximum absolute atomic E-state index is 13.8. The highest BCUT2D eigenvalue weighted by Crippen LogP contribution is 2.35. The number of amides is 1. The molecule has 0 aliphatic rings. The standard InChI is InChI=1S/C33H27N5OS.C2HF3O2/c34-32(35)24-11-16-31-27(18-24)29(20-40-31)28(17-22-7-3-1-4-8-22)33(39)37-25-12-14-26(15-13-25)38-19-30(36-21-38)23-9-5-2-6-10-23;3-2(4,5)1(6)7/h1-16,18-21,28H,17H2,(H3,34,35)(H,37,39);(H,6,7). The lowest BCUT2D eigenvalue weighted by molar-refractivity contribution is -0.192. The van der Waals surface area contributed by atoms with Gasteiger partial charge in [-0.25, -0.2) is 9.78 Å². The van der Waals surface area contributed by atoms with Crippen molar-refractivity contribution in [3.63, 3.8) is 0 Å². The van der Waals surface area contributed by atoms with Crippen LogP contribution in [0.3, 0.4) is 0 Å². The van der Waals surface area contributed by atoms with E-state index in [1.54, 1.807) is 17.7 Å². The third kappa shape index (κ3) is 8.10. The Hall–Kier alpha value is -5.75. The third-order valence-electron chi connectivity index (χ3n) is 7.22. The number of carbonyl (C=O) groups excluding carboxylic acids is 1. The van der Waals surface area contributed by atoms with Gasteiger partial charge in [-0.15, -0.1) is 11.3 Å². The van der Waals surface area contributed by atoms with Crippen LogP contribution in [0.15, 0.2) is 121 Å². The number of aromatic nitrogens is 2. The van der Waals surface area contributed by atoms with E-state index >= 15 is 0 Å². The zero-order valence-electron chi connectivity index (χ0n) is 24.6. The number of carboxylic acid groups (broad SMARTS) is 1.